The Morgan fingerprint density at radius 2 is 1.89 bits per heavy atom. The fourth-order valence-corrected chi connectivity index (χ4v) is 4.72. The number of esters is 1. The molecule has 0 radical (unpaired) electrons. The first-order chi connectivity index (χ1) is 16.5. The molecule has 1 heterocycles. The average molecular weight is 507 g/mol. The van der Waals surface area contributed by atoms with E-state index in [0.717, 1.165) is 0 Å². The average Bonchev–Trinajstić information content (AvgIpc) is 2.81. The van der Waals surface area contributed by atoms with Crippen molar-refractivity contribution in [3.05, 3.63) is 82.0 Å². The number of hydrogen-bond acceptors (Lipinski definition) is 5. The Kier molecular flexibility index (Phi) is 7.76. The van der Waals surface area contributed by atoms with Crippen molar-refractivity contribution in [3.8, 4) is 6.07 Å². The first-order valence-corrected chi connectivity index (χ1v) is 11.0. The number of hydrogen-bond donors (Lipinski definition) is 2. The number of halogens is 4. The molecule has 3 atom stereocenters. The normalized spacial score (nSPS) is 22.2. The molecule has 6 nitrogen and oxygen atoms in total. The topological polar surface area (TPSA) is 99.4 Å². The fraction of sp³-hybridized carbons (Fsp3) is 0.320. The Balaban J connectivity index is 2.25. The molecule has 0 saturated carbocycles. The van der Waals surface area contributed by atoms with Gasteiger partial charge in [-0.25, -0.2) is 4.79 Å². The molecule has 35 heavy (non-hydrogen) atoms. The highest BCUT2D eigenvalue weighted by molar-refractivity contribution is 6.30. The predicted octanol–water partition coefficient (Wildman–Crippen LogP) is 5.35. The SMILES string of the molecule is CC1NC(C(F)(F)F)=C(C(=O)OCc2ccccc2)C(c2cccc(Cl)c2)C1(CCC#N)C(=O)O. The van der Waals surface area contributed by atoms with Gasteiger partial charge < -0.3 is 15.2 Å². The molecule has 0 fully saturated rings. The number of allylic oxidation sites excluding steroid dienone is 1. The van der Waals surface area contributed by atoms with Gasteiger partial charge >= 0.3 is 18.1 Å². The summed E-state index contributed by atoms with van der Waals surface area (Å²) in [6.07, 6.45) is -5.58. The van der Waals surface area contributed by atoms with Gasteiger partial charge in [0.2, 0.25) is 0 Å². The molecule has 0 aromatic heterocycles. The van der Waals surface area contributed by atoms with Crippen LogP contribution in [0.15, 0.2) is 65.9 Å². The molecule has 10 heteroatoms. The minimum Gasteiger partial charge on any atom is -0.481 e. The minimum atomic E-state index is -5.01. The van der Waals surface area contributed by atoms with Crippen LogP contribution in [0.4, 0.5) is 13.2 Å². The van der Waals surface area contributed by atoms with E-state index < -0.39 is 46.8 Å². The number of ether oxygens (including phenoxy) is 1. The van der Waals surface area contributed by atoms with Crippen molar-refractivity contribution in [1.29, 1.82) is 5.26 Å². The van der Waals surface area contributed by atoms with Crippen LogP contribution in [0.25, 0.3) is 0 Å². The highest BCUT2D eigenvalue weighted by Gasteiger charge is 2.59. The number of alkyl halides is 3. The third kappa shape index (κ3) is 5.28. The van der Waals surface area contributed by atoms with E-state index in [4.69, 9.17) is 16.3 Å². The van der Waals surface area contributed by atoms with Gasteiger partial charge in [0.05, 0.1) is 17.1 Å². The summed E-state index contributed by atoms with van der Waals surface area (Å²) in [5, 5.41) is 21.9. The number of aliphatic carboxylic acids is 1. The van der Waals surface area contributed by atoms with Crippen molar-refractivity contribution >= 4 is 23.5 Å². The summed E-state index contributed by atoms with van der Waals surface area (Å²) >= 11 is 6.10. The number of carboxylic acid groups (broad SMARTS) is 1. The zero-order valence-electron chi connectivity index (χ0n) is 18.6. The number of nitrogens with one attached hydrogen (secondary N) is 1. The van der Waals surface area contributed by atoms with E-state index in [1.807, 2.05) is 6.07 Å². The lowest BCUT2D eigenvalue weighted by Gasteiger charge is -2.47. The van der Waals surface area contributed by atoms with Crippen LogP contribution >= 0.6 is 11.6 Å². The summed E-state index contributed by atoms with van der Waals surface area (Å²) in [7, 11) is 0. The smallest absolute Gasteiger partial charge is 0.431 e. The maximum Gasteiger partial charge on any atom is 0.431 e. The zero-order valence-corrected chi connectivity index (χ0v) is 19.4. The van der Waals surface area contributed by atoms with Crippen molar-refractivity contribution in [2.24, 2.45) is 5.41 Å². The van der Waals surface area contributed by atoms with Gasteiger partial charge in [-0.15, -0.1) is 0 Å². The maximum absolute atomic E-state index is 14.2. The Morgan fingerprint density at radius 3 is 2.46 bits per heavy atom. The molecule has 2 aromatic rings. The van der Waals surface area contributed by atoms with Crippen molar-refractivity contribution in [2.45, 2.75) is 44.5 Å². The number of carbonyl (C=O) groups excluding carboxylic acids is 1. The summed E-state index contributed by atoms with van der Waals surface area (Å²) in [5.41, 5.74) is -3.58. The maximum atomic E-state index is 14.2. The number of carbonyl (C=O) groups is 2. The second-order valence-corrected chi connectivity index (χ2v) is 8.64. The van der Waals surface area contributed by atoms with Crippen LogP contribution in [0.2, 0.25) is 5.02 Å². The van der Waals surface area contributed by atoms with E-state index in [-0.39, 0.29) is 30.0 Å². The molecular formula is C25H22ClF3N2O4. The van der Waals surface area contributed by atoms with E-state index in [9.17, 15) is 33.1 Å². The standard InChI is InChI=1S/C25H22ClF3N2O4/c1-15-24(23(33)34,11-6-12-30)20(17-9-5-10-18(26)13-17)19(21(31-15)25(27,28)29)22(32)35-14-16-7-3-2-4-8-16/h2-5,7-10,13,15,20,31H,6,11,14H2,1H3,(H,33,34). The van der Waals surface area contributed by atoms with Gasteiger partial charge in [0.1, 0.15) is 12.3 Å². The molecule has 1 aliphatic rings. The van der Waals surface area contributed by atoms with Gasteiger partial charge in [0.15, 0.2) is 0 Å². The first kappa shape index (κ1) is 26.1. The number of nitrogens with zero attached hydrogens (tertiary/aromatic N) is 1. The Bertz CT molecular complexity index is 1180. The number of benzene rings is 2. The molecular weight excluding hydrogens is 485 g/mol. The van der Waals surface area contributed by atoms with Crippen LogP contribution in [-0.4, -0.2) is 29.3 Å². The van der Waals surface area contributed by atoms with Crippen LogP contribution in [0, 0.1) is 16.7 Å². The largest absolute Gasteiger partial charge is 0.481 e. The van der Waals surface area contributed by atoms with Gasteiger partial charge in [0.25, 0.3) is 0 Å². The summed E-state index contributed by atoms with van der Waals surface area (Å²) in [6.45, 7) is 0.977. The molecule has 0 spiro atoms. The van der Waals surface area contributed by atoms with Crippen LogP contribution < -0.4 is 5.32 Å². The minimum absolute atomic E-state index is 0.0969. The molecule has 184 valence electrons. The first-order valence-electron chi connectivity index (χ1n) is 10.7. The van der Waals surface area contributed by atoms with Crippen LogP contribution in [0.1, 0.15) is 36.8 Å². The summed E-state index contributed by atoms with van der Waals surface area (Å²) < 4.78 is 47.9. The second kappa shape index (κ2) is 10.4. The van der Waals surface area contributed by atoms with Crippen molar-refractivity contribution in [2.75, 3.05) is 0 Å². The molecule has 2 N–H and O–H groups in total. The molecule has 3 unspecified atom stereocenters. The lowest BCUT2D eigenvalue weighted by Crippen LogP contribution is -2.58. The van der Waals surface area contributed by atoms with Crippen molar-refractivity contribution in [1.82, 2.24) is 5.32 Å². The van der Waals surface area contributed by atoms with E-state index >= 15 is 0 Å². The van der Waals surface area contributed by atoms with Gasteiger partial charge in [0, 0.05) is 23.4 Å². The van der Waals surface area contributed by atoms with Gasteiger partial charge in [-0.2, -0.15) is 18.4 Å². The third-order valence-electron chi connectivity index (χ3n) is 6.15. The van der Waals surface area contributed by atoms with Gasteiger partial charge in [-0.05, 0) is 36.6 Å². The molecule has 0 amide bonds. The lowest BCUT2D eigenvalue weighted by molar-refractivity contribution is -0.156. The molecule has 0 aliphatic carbocycles. The highest BCUT2D eigenvalue weighted by atomic mass is 35.5. The van der Waals surface area contributed by atoms with Gasteiger partial charge in [-0.1, -0.05) is 54.1 Å². The van der Waals surface area contributed by atoms with Crippen LogP contribution in [-0.2, 0) is 20.9 Å². The Labute approximate surface area is 205 Å². The molecule has 0 bridgehead atoms. The van der Waals surface area contributed by atoms with Gasteiger partial charge in [-0.3, -0.25) is 4.79 Å². The highest BCUT2D eigenvalue weighted by Crippen LogP contribution is 2.53. The summed E-state index contributed by atoms with van der Waals surface area (Å²) in [6, 6.07) is 14.6. The van der Waals surface area contributed by atoms with E-state index in [1.165, 1.54) is 31.2 Å². The molecule has 2 aromatic carbocycles. The van der Waals surface area contributed by atoms with Crippen LogP contribution in [0.5, 0.6) is 0 Å². The summed E-state index contributed by atoms with van der Waals surface area (Å²) in [4.78, 5) is 26.0. The van der Waals surface area contributed by atoms with Crippen molar-refractivity contribution < 1.29 is 32.6 Å². The zero-order chi connectivity index (χ0) is 25.8. The third-order valence-corrected chi connectivity index (χ3v) is 6.39. The Morgan fingerprint density at radius 1 is 1.20 bits per heavy atom. The second-order valence-electron chi connectivity index (χ2n) is 8.21. The fourth-order valence-electron chi connectivity index (χ4n) is 4.52. The van der Waals surface area contributed by atoms with Crippen molar-refractivity contribution in [3.63, 3.8) is 0 Å². The number of carboxylic acids is 1. The lowest BCUT2D eigenvalue weighted by atomic mass is 9.60. The van der Waals surface area contributed by atoms with E-state index in [1.54, 1.807) is 30.3 Å². The number of nitriles is 1. The van der Waals surface area contributed by atoms with E-state index in [2.05, 4.69) is 5.32 Å². The predicted molar refractivity (Wildman–Crippen MR) is 121 cm³/mol. The summed E-state index contributed by atoms with van der Waals surface area (Å²) in [5.74, 6) is -4.36. The van der Waals surface area contributed by atoms with E-state index in [0.29, 0.717) is 5.56 Å². The Hall–Kier alpha value is -3.51. The molecule has 0 saturated heterocycles. The molecule has 1 aliphatic heterocycles. The monoisotopic (exact) mass is 506 g/mol. The quantitative estimate of drug-likeness (QED) is 0.491. The van der Waals surface area contributed by atoms with Crippen LogP contribution in [0.3, 0.4) is 0 Å². The molecule has 3 rings (SSSR count). The number of rotatable bonds is 7.